The summed E-state index contributed by atoms with van der Waals surface area (Å²) in [6.07, 6.45) is 2.60. The Morgan fingerprint density at radius 1 is 1.19 bits per heavy atom. The van der Waals surface area contributed by atoms with Crippen LogP contribution in [-0.2, 0) is 6.42 Å². The molecule has 1 heterocycles. The molecular weight excluding hydrogens is 198 g/mol. The number of aromatic nitrogens is 2. The van der Waals surface area contributed by atoms with Gasteiger partial charge >= 0.3 is 0 Å². The van der Waals surface area contributed by atoms with E-state index in [0.29, 0.717) is 16.9 Å². The first-order chi connectivity index (χ1) is 7.39. The van der Waals surface area contributed by atoms with Gasteiger partial charge in [0.05, 0.1) is 0 Å². The second kappa shape index (κ2) is 3.44. The van der Waals surface area contributed by atoms with Crippen molar-refractivity contribution in [2.45, 2.75) is 47.1 Å². The van der Waals surface area contributed by atoms with Crippen molar-refractivity contribution in [1.29, 1.82) is 0 Å². The maximum Gasteiger partial charge on any atom is 0.129 e. The van der Waals surface area contributed by atoms with Crippen LogP contribution < -0.4 is 5.32 Å². The van der Waals surface area contributed by atoms with Crippen LogP contribution in [0.5, 0.6) is 0 Å². The van der Waals surface area contributed by atoms with E-state index >= 15 is 0 Å². The van der Waals surface area contributed by atoms with Crippen molar-refractivity contribution < 1.29 is 0 Å². The van der Waals surface area contributed by atoms with Crippen molar-refractivity contribution in [3.05, 3.63) is 18.1 Å². The van der Waals surface area contributed by atoms with Crippen LogP contribution in [0.2, 0.25) is 0 Å². The smallest absolute Gasteiger partial charge is 0.129 e. The SMILES string of the molecule is CCc1cc(NC2C(C)(C)C2(C)C)ncn1. The molecule has 0 radical (unpaired) electrons. The Labute approximate surface area is 97.7 Å². The second-order valence-electron chi connectivity index (χ2n) is 5.77. The molecule has 88 valence electrons. The van der Waals surface area contributed by atoms with Gasteiger partial charge in [-0.15, -0.1) is 0 Å². The average Bonchev–Trinajstić information content (AvgIpc) is 2.61. The molecular formula is C13H21N3. The minimum absolute atomic E-state index is 0.338. The highest BCUT2D eigenvalue weighted by molar-refractivity contribution is 5.42. The lowest BCUT2D eigenvalue weighted by Gasteiger charge is -2.07. The molecule has 1 fully saturated rings. The van der Waals surface area contributed by atoms with Crippen LogP contribution in [0.1, 0.15) is 40.3 Å². The zero-order valence-corrected chi connectivity index (χ0v) is 10.8. The zero-order chi connectivity index (χ0) is 12.0. The summed E-state index contributed by atoms with van der Waals surface area (Å²) in [4.78, 5) is 8.48. The third kappa shape index (κ3) is 1.58. The van der Waals surface area contributed by atoms with Gasteiger partial charge in [0.15, 0.2) is 0 Å². The van der Waals surface area contributed by atoms with Crippen molar-refractivity contribution in [3.63, 3.8) is 0 Å². The average molecular weight is 219 g/mol. The molecule has 0 bridgehead atoms. The number of anilines is 1. The van der Waals surface area contributed by atoms with Gasteiger partial charge in [-0.2, -0.15) is 0 Å². The Balaban J connectivity index is 2.12. The fourth-order valence-electron chi connectivity index (χ4n) is 2.37. The van der Waals surface area contributed by atoms with Gasteiger partial charge in [-0.05, 0) is 17.3 Å². The van der Waals surface area contributed by atoms with Gasteiger partial charge in [0.2, 0.25) is 0 Å². The molecule has 0 aliphatic heterocycles. The second-order valence-corrected chi connectivity index (χ2v) is 5.77. The number of rotatable bonds is 3. The van der Waals surface area contributed by atoms with Gasteiger partial charge in [0.1, 0.15) is 12.1 Å². The zero-order valence-electron chi connectivity index (χ0n) is 10.8. The first kappa shape index (κ1) is 11.4. The molecule has 3 heteroatoms. The third-order valence-corrected chi connectivity index (χ3v) is 4.40. The van der Waals surface area contributed by atoms with Crippen molar-refractivity contribution in [3.8, 4) is 0 Å². The van der Waals surface area contributed by atoms with Crippen LogP contribution in [0.15, 0.2) is 12.4 Å². The van der Waals surface area contributed by atoms with Gasteiger partial charge < -0.3 is 5.32 Å². The van der Waals surface area contributed by atoms with E-state index in [4.69, 9.17) is 0 Å². The Morgan fingerprint density at radius 2 is 1.81 bits per heavy atom. The lowest BCUT2D eigenvalue weighted by Crippen LogP contribution is -2.11. The van der Waals surface area contributed by atoms with E-state index in [1.807, 2.05) is 6.07 Å². The Morgan fingerprint density at radius 3 is 2.31 bits per heavy atom. The van der Waals surface area contributed by atoms with Crippen molar-refractivity contribution >= 4 is 5.82 Å². The molecule has 1 aliphatic rings. The summed E-state index contributed by atoms with van der Waals surface area (Å²) in [5.74, 6) is 0.954. The first-order valence-corrected chi connectivity index (χ1v) is 5.97. The number of nitrogens with zero attached hydrogens (tertiary/aromatic N) is 2. The number of nitrogens with one attached hydrogen (secondary N) is 1. The molecule has 1 aromatic heterocycles. The summed E-state index contributed by atoms with van der Waals surface area (Å²) >= 11 is 0. The molecule has 0 saturated heterocycles. The molecule has 1 saturated carbocycles. The molecule has 0 amide bonds. The molecule has 0 atom stereocenters. The predicted octanol–water partition coefficient (Wildman–Crippen LogP) is 2.89. The van der Waals surface area contributed by atoms with Gasteiger partial charge in [-0.1, -0.05) is 34.6 Å². The van der Waals surface area contributed by atoms with E-state index in [1.165, 1.54) is 0 Å². The van der Waals surface area contributed by atoms with Crippen molar-refractivity contribution in [2.75, 3.05) is 5.32 Å². The minimum atomic E-state index is 0.338. The largest absolute Gasteiger partial charge is 0.366 e. The number of aryl methyl sites for hydroxylation is 1. The number of hydrogen-bond acceptors (Lipinski definition) is 3. The quantitative estimate of drug-likeness (QED) is 0.849. The van der Waals surface area contributed by atoms with Gasteiger partial charge in [0.25, 0.3) is 0 Å². The molecule has 3 nitrogen and oxygen atoms in total. The van der Waals surface area contributed by atoms with Gasteiger partial charge in [0, 0.05) is 17.8 Å². The predicted molar refractivity (Wildman–Crippen MR) is 66.4 cm³/mol. The fourth-order valence-corrected chi connectivity index (χ4v) is 2.37. The molecule has 1 aliphatic carbocycles. The van der Waals surface area contributed by atoms with E-state index < -0.39 is 0 Å². The topological polar surface area (TPSA) is 37.8 Å². The summed E-state index contributed by atoms with van der Waals surface area (Å²) in [6, 6.07) is 2.55. The third-order valence-electron chi connectivity index (χ3n) is 4.40. The molecule has 1 aromatic rings. The van der Waals surface area contributed by atoms with E-state index in [1.54, 1.807) is 6.33 Å². The summed E-state index contributed by atoms with van der Waals surface area (Å²) in [5, 5.41) is 3.52. The molecule has 0 spiro atoms. The lowest BCUT2D eigenvalue weighted by atomic mass is 10.0. The molecule has 2 rings (SSSR count). The normalized spacial score (nSPS) is 21.8. The molecule has 1 N–H and O–H groups in total. The summed E-state index contributed by atoms with van der Waals surface area (Å²) < 4.78 is 0. The van der Waals surface area contributed by atoms with E-state index in [-0.39, 0.29) is 0 Å². The van der Waals surface area contributed by atoms with Crippen LogP contribution in [0.3, 0.4) is 0 Å². The Kier molecular flexibility index (Phi) is 2.44. The summed E-state index contributed by atoms with van der Waals surface area (Å²) in [6.45, 7) is 11.3. The van der Waals surface area contributed by atoms with E-state index in [9.17, 15) is 0 Å². The summed E-state index contributed by atoms with van der Waals surface area (Å²) in [7, 11) is 0. The van der Waals surface area contributed by atoms with Gasteiger partial charge in [-0.25, -0.2) is 9.97 Å². The van der Waals surface area contributed by atoms with Crippen molar-refractivity contribution in [1.82, 2.24) is 9.97 Å². The minimum Gasteiger partial charge on any atom is -0.366 e. The molecule has 16 heavy (non-hydrogen) atoms. The maximum atomic E-state index is 4.28. The first-order valence-electron chi connectivity index (χ1n) is 5.97. The van der Waals surface area contributed by atoms with Crippen LogP contribution in [0, 0.1) is 10.8 Å². The lowest BCUT2D eigenvalue weighted by molar-refractivity contribution is 0.457. The fraction of sp³-hybridized carbons (Fsp3) is 0.692. The molecule has 0 unspecified atom stereocenters. The summed E-state index contributed by atoms with van der Waals surface area (Å²) in [5.41, 5.74) is 1.77. The maximum absolute atomic E-state index is 4.28. The Hall–Kier alpha value is -1.12. The van der Waals surface area contributed by atoms with E-state index in [2.05, 4.69) is 49.9 Å². The standard InChI is InChI=1S/C13H21N3/c1-6-9-7-10(15-8-14-9)16-11-12(2,3)13(11,4)5/h7-8,11H,6H2,1-5H3,(H,14,15,16). The highest BCUT2D eigenvalue weighted by Crippen LogP contribution is 2.63. The highest BCUT2D eigenvalue weighted by Gasteiger charge is 2.65. The molecule has 0 aromatic carbocycles. The monoisotopic (exact) mass is 219 g/mol. The van der Waals surface area contributed by atoms with Crippen LogP contribution in [-0.4, -0.2) is 16.0 Å². The number of hydrogen-bond donors (Lipinski definition) is 1. The van der Waals surface area contributed by atoms with Crippen LogP contribution in [0.25, 0.3) is 0 Å². The van der Waals surface area contributed by atoms with Crippen molar-refractivity contribution in [2.24, 2.45) is 10.8 Å². The van der Waals surface area contributed by atoms with E-state index in [0.717, 1.165) is 17.9 Å². The van der Waals surface area contributed by atoms with Crippen LogP contribution in [0.4, 0.5) is 5.82 Å². The Bertz CT molecular complexity index is 382. The van der Waals surface area contributed by atoms with Crippen LogP contribution >= 0.6 is 0 Å². The highest BCUT2D eigenvalue weighted by atomic mass is 15.1. The van der Waals surface area contributed by atoms with Gasteiger partial charge in [-0.3, -0.25) is 0 Å².